The molecule has 3 unspecified atom stereocenters. The number of carbonyl (C=O) groups excluding carboxylic acids is 1. The smallest absolute Gasteiger partial charge is 0.223 e. The fourth-order valence-electron chi connectivity index (χ4n) is 3.02. The Morgan fingerprint density at radius 1 is 1.39 bits per heavy atom. The van der Waals surface area contributed by atoms with Crippen LogP contribution in [0.3, 0.4) is 0 Å². The molecule has 1 fully saturated rings. The van der Waals surface area contributed by atoms with E-state index in [1.54, 1.807) is 32.4 Å². The minimum absolute atomic E-state index is 0.0407. The zero-order valence-electron chi connectivity index (χ0n) is 13.7. The molecule has 1 aromatic carbocycles. The standard InChI is InChI=1S/C17H26N2O4/c1-22-13-6-7-16(23-2)14(9-13)15(20)10-19-17(21)11-4-3-5-12(18)8-11/h6-7,9,11-12,15,20H,3-5,8,10,18H2,1-2H3,(H,19,21). The zero-order chi connectivity index (χ0) is 16.8. The summed E-state index contributed by atoms with van der Waals surface area (Å²) in [6, 6.07) is 5.31. The van der Waals surface area contributed by atoms with Gasteiger partial charge in [0.15, 0.2) is 0 Å². The largest absolute Gasteiger partial charge is 0.497 e. The predicted octanol–water partition coefficient (Wildman–Crippen LogP) is 1.37. The molecule has 0 radical (unpaired) electrons. The second-order valence-corrected chi connectivity index (χ2v) is 5.99. The van der Waals surface area contributed by atoms with Crippen molar-refractivity contribution < 1.29 is 19.4 Å². The molecule has 0 bridgehead atoms. The molecule has 1 aliphatic carbocycles. The van der Waals surface area contributed by atoms with Crippen molar-refractivity contribution >= 4 is 5.91 Å². The van der Waals surface area contributed by atoms with Crippen molar-refractivity contribution in [2.45, 2.75) is 37.8 Å². The Kier molecular flexibility index (Phi) is 6.24. The summed E-state index contributed by atoms with van der Waals surface area (Å²) in [6.45, 7) is 0.133. The van der Waals surface area contributed by atoms with E-state index in [0.29, 0.717) is 23.5 Å². The third-order valence-corrected chi connectivity index (χ3v) is 4.35. The molecule has 0 saturated heterocycles. The van der Waals surface area contributed by atoms with Crippen molar-refractivity contribution in [1.82, 2.24) is 5.32 Å². The summed E-state index contributed by atoms with van der Waals surface area (Å²) in [5.41, 5.74) is 6.51. The van der Waals surface area contributed by atoms with Crippen LogP contribution in [0.4, 0.5) is 0 Å². The van der Waals surface area contributed by atoms with Crippen molar-refractivity contribution in [3.8, 4) is 11.5 Å². The van der Waals surface area contributed by atoms with E-state index in [1.807, 2.05) is 0 Å². The molecule has 6 heteroatoms. The van der Waals surface area contributed by atoms with Gasteiger partial charge in [0.25, 0.3) is 0 Å². The number of methoxy groups -OCH3 is 2. The number of hydrogen-bond acceptors (Lipinski definition) is 5. The minimum Gasteiger partial charge on any atom is -0.497 e. The van der Waals surface area contributed by atoms with Crippen molar-refractivity contribution in [3.05, 3.63) is 23.8 Å². The maximum absolute atomic E-state index is 12.2. The quantitative estimate of drug-likeness (QED) is 0.735. The number of aliphatic hydroxyl groups excluding tert-OH is 1. The highest BCUT2D eigenvalue weighted by atomic mass is 16.5. The van der Waals surface area contributed by atoms with Gasteiger partial charge in [-0.05, 0) is 37.5 Å². The summed E-state index contributed by atoms with van der Waals surface area (Å²) >= 11 is 0. The second kappa shape index (κ2) is 8.17. The number of nitrogens with two attached hydrogens (primary N) is 1. The number of hydrogen-bond donors (Lipinski definition) is 3. The molecule has 3 atom stereocenters. The lowest BCUT2D eigenvalue weighted by molar-refractivity contribution is -0.126. The van der Waals surface area contributed by atoms with Crippen LogP contribution in [0.25, 0.3) is 0 Å². The Balaban J connectivity index is 1.96. The molecule has 0 aromatic heterocycles. The van der Waals surface area contributed by atoms with Gasteiger partial charge in [0, 0.05) is 24.1 Å². The van der Waals surface area contributed by atoms with Crippen LogP contribution in [0.2, 0.25) is 0 Å². The SMILES string of the molecule is COc1ccc(OC)c(C(O)CNC(=O)C2CCCC(N)C2)c1. The Bertz CT molecular complexity index is 535. The summed E-state index contributed by atoms with van der Waals surface area (Å²) in [4.78, 5) is 12.2. The lowest BCUT2D eigenvalue weighted by atomic mass is 9.85. The van der Waals surface area contributed by atoms with Gasteiger partial charge in [0.2, 0.25) is 5.91 Å². The lowest BCUT2D eigenvalue weighted by Crippen LogP contribution is -2.39. The molecule has 1 aliphatic rings. The topological polar surface area (TPSA) is 93.8 Å². The Morgan fingerprint density at radius 3 is 2.83 bits per heavy atom. The summed E-state index contributed by atoms with van der Waals surface area (Å²) in [5.74, 6) is 1.09. The van der Waals surface area contributed by atoms with Gasteiger partial charge in [0.05, 0.1) is 20.3 Å². The Hall–Kier alpha value is -1.79. The predicted molar refractivity (Wildman–Crippen MR) is 87.4 cm³/mol. The molecular formula is C17H26N2O4. The molecule has 4 N–H and O–H groups in total. The molecule has 23 heavy (non-hydrogen) atoms. The summed E-state index contributed by atoms with van der Waals surface area (Å²) < 4.78 is 10.4. The van der Waals surface area contributed by atoms with Crippen molar-refractivity contribution in [1.29, 1.82) is 0 Å². The normalized spacial score (nSPS) is 22.3. The fraction of sp³-hybridized carbons (Fsp3) is 0.588. The minimum atomic E-state index is -0.860. The van der Waals surface area contributed by atoms with Gasteiger partial charge < -0.3 is 25.6 Å². The van der Waals surface area contributed by atoms with Gasteiger partial charge in [-0.1, -0.05) is 6.42 Å². The van der Waals surface area contributed by atoms with E-state index >= 15 is 0 Å². The lowest BCUT2D eigenvalue weighted by Gasteiger charge is -2.26. The number of amides is 1. The first-order chi connectivity index (χ1) is 11.0. The molecular weight excluding hydrogens is 296 g/mol. The fourth-order valence-corrected chi connectivity index (χ4v) is 3.02. The van der Waals surface area contributed by atoms with Crippen LogP contribution in [-0.2, 0) is 4.79 Å². The van der Waals surface area contributed by atoms with Crippen LogP contribution in [0.1, 0.15) is 37.4 Å². The van der Waals surface area contributed by atoms with Gasteiger partial charge in [-0.25, -0.2) is 0 Å². The number of ether oxygens (including phenoxy) is 2. The first kappa shape index (κ1) is 17.6. The highest BCUT2D eigenvalue weighted by Crippen LogP contribution is 2.29. The third-order valence-electron chi connectivity index (χ3n) is 4.35. The van der Waals surface area contributed by atoms with Gasteiger partial charge in [0.1, 0.15) is 11.5 Å². The molecule has 128 valence electrons. The first-order valence-corrected chi connectivity index (χ1v) is 7.98. The van der Waals surface area contributed by atoms with Crippen molar-refractivity contribution in [3.63, 3.8) is 0 Å². The molecule has 6 nitrogen and oxygen atoms in total. The first-order valence-electron chi connectivity index (χ1n) is 7.98. The number of rotatable bonds is 6. The van der Waals surface area contributed by atoms with Gasteiger partial charge in [-0.3, -0.25) is 4.79 Å². The highest BCUT2D eigenvalue weighted by Gasteiger charge is 2.26. The van der Waals surface area contributed by atoms with Crippen molar-refractivity contribution in [2.75, 3.05) is 20.8 Å². The van der Waals surface area contributed by atoms with E-state index < -0.39 is 6.10 Å². The summed E-state index contributed by atoms with van der Waals surface area (Å²) in [6.07, 6.45) is 2.67. The van der Waals surface area contributed by atoms with Crippen LogP contribution in [0, 0.1) is 5.92 Å². The Labute approximate surface area is 137 Å². The van der Waals surface area contributed by atoms with E-state index in [2.05, 4.69) is 5.32 Å². The summed E-state index contributed by atoms with van der Waals surface area (Å²) in [5, 5.41) is 13.2. The van der Waals surface area contributed by atoms with Crippen molar-refractivity contribution in [2.24, 2.45) is 11.7 Å². The third kappa shape index (κ3) is 4.59. The van der Waals surface area contributed by atoms with E-state index in [0.717, 1.165) is 19.3 Å². The number of benzene rings is 1. The molecule has 0 heterocycles. The van der Waals surface area contributed by atoms with Crippen LogP contribution >= 0.6 is 0 Å². The number of nitrogens with one attached hydrogen (secondary N) is 1. The van der Waals surface area contributed by atoms with Gasteiger partial charge in [-0.2, -0.15) is 0 Å². The molecule has 1 amide bonds. The van der Waals surface area contributed by atoms with Gasteiger partial charge >= 0.3 is 0 Å². The van der Waals surface area contributed by atoms with E-state index in [1.165, 1.54) is 0 Å². The average Bonchev–Trinajstić information content (AvgIpc) is 2.58. The molecule has 0 spiro atoms. The molecule has 0 aliphatic heterocycles. The molecule has 2 rings (SSSR count). The Morgan fingerprint density at radius 2 is 2.17 bits per heavy atom. The van der Waals surface area contributed by atoms with Crippen LogP contribution < -0.4 is 20.5 Å². The van der Waals surface area contributed by atoms with Crippen LogP contribution in [-0.4, -0.2) is 37.8 Å². The second-order valence-electron chi connectivity index (χ2n) is 5.99. The van der Waals surface area contributed by atoms with E-state index in [9.17, 15) is 9.90 Å². The maximum atomic E-state index is 12.2. The highest BCUT2D eigenvalue weighted by molar-refractivity contribution is 5.78. The van der Waals surface area contributed by atoms with E-state index in [4.69, 9.17) is 15.2 Å². The van der Waals surface area contributed by atoms with Gasteiger partial charge in [-0.15, -0.1) is 0 Å². The molecule has 1 aromatic rings. The average molecular weight is 322 g/mol. The zero-order valence-corrected chi connectivity index (χ0v) is 13.7. The van der Waals surface area contributed by atoms with E-state index in [-0.39, 0.29) is 24.4 Å². The monoisotopic (exact) mass is 322 g/mol. The maximum Gasteiger partial charge on any atom is 0.223 e. The van der Waals surface area contributed by atoms with Crippen LogP contribution in [0.5, 0.6) is 11.5 Å². The number of aliphatic hydroxyl groups is 1. The molecule has 1 saturated carbocycles. The number of carbonyl (C=O) groups is 1. The summed E-state index contributed by atoms with van der Waals surface area (Å²) in [7, 11) is 3.10. The van der Waals surface area contributed by atoms with Crippen LogP contribution in [0.15, 0.2) is 18.2 Å².